The maximum atomic E-state index is 13.1. The highest BCUT2D eigenvalue weighted by atomic mass is 35.5. The Hall–Kier alpha value is -2.23. The lowest BCUT2D eigenvalue weighted by Gasteiger charge is -2.37. The van der Waals surface area contributed by atoms with Crippen LogP contribution in [0.2, 0.25) is 0 Å². The van der Waals surface area contributed by atoms with Crippen LogP contribution in [-0.2, 0) is 4.79 Å². The van der Waals surface area contributed by atoms with Gasteiger partial charge in [-0.2, -0.15) is 5.10 Å². The van der Waals surface area contributed by atoms with E-state index in [1.54, 1.807) is 35.4 Å². The van der Waals surface area contributed by atoms with Crippen molar-refractivity contribution in [1.82, 2.24) is 15.2 Å². The van der Waals surface area contributed by atoms with Gasteiger partial charge in [-0.05, 0) is 36.4 Å². The maximum absolute atomic E-state index is 13.1. The minimum absolute atomic E-state index is 0. The Labute approximate surface area is 179 Å². The number of hydrazone groups is 1. The van der Waals surface area contributed by atoms with E-state index in [9.17, 15) is 14.3 Å². The van der Waals surface area contributed by atoms with Crippen molar-refractivity contribution in [3.8, 4) is 0 Å². The first-order valence-electron chi connectivity index (χ1n) is 9.18. The van der Waals surface area contributed by atoms with Crippen LogP contribution >= 0.6 is 24.2 Å². The van der Waals surface area contributed by atoms with Gasteiger partial charge in [0.05, 0.1) is 0 Å². The zero-order chi connectivity index (χ0) is 19.6. The maximum Gasteiger partial charge on any atom is 0.363 e. The van der Waals surface area contributed by atoms with Gasteiger partial charge < -0.3 is 10.0 Å². The third kappa shape index (κ3) is 4.36. The topological polar surface area (TPSA) is 71.4 Å². The normalized spacial score (nSPS) is 23.3. The molecule has 1 atom stereocenters. The molecule has 156 valence electrons. The number of rotatable bonds is 6. The van der Waals surface area contributed by atoms with E-state index in [1.807, 2.05) is 6.08 Å². The van der Waals surface area contributed by atoms with E-state index in [-0.39, 0.29) is 18.2 Å². The van der Waals surface area contributed by atoms with Gasteiger partial charge in [-0.3, -0.25) is 15.2 Å². The summed E-state index contributed by atoms with van der Waals surface area (Å²) in [5, 5.41) is 14.0. The molecule has 0 bridgehead atoms. The summed E-state index contributed by atoms with van der Waals surface area (Å²) < 4.78 is 13.1. The van der Waals surface area contributed by atoms with E-state index in [1.165, 1.54) is 23.9 Å². The van der Waals surface area contributed by atoms with Crippen LogP contribution in [0, 0.1) is 5.82 Å². The van der Waals surface area contributed by atoms with Crippen molar-refractivity contribution in [3.63, 3.8) is 0 Å². The van der Waals surface area contributed by atoms with E-state index in [2.05, 4.69) is 20.3 Å². The predicted molar refractivity (Wildman–Crippen MR) is 116 cm³/mol. The molecule has 2 N–H and O–H groups in total. The lowest BCUT2D eigenvalue weighted by Crippen LogP contribution is -2.56. The molecule has 0 saturated carbocycles. The molecular formula is C19H23ClFN5O2S. The van der Waals surface area contributed by atoms with E-state index in [0.717, 1.165) is 38.4 Å². The second-order valence-electron chi connectivity index (χ2n) is 6.76. The highest BCUT2D eigenvalue weighted by Gasteiger charge is 2.49. The predicted octanol–water partition coefficient (Wildman–Crippen LogP) is 2.14. The van der Waals surface area contributed by atoms with Crippen LogP contribution in [-0.4, -0.2) is 70.2 Å². The number of aliphatic carboxylic acids is 1. The summed E-state index contributed by atoms with van der Waals surface area (Å²) in [4.78, 5) is 16.9. The minimum Gasteiger partial charge on any atom is -0.477 e. The summed E-state index contributed by atoms with van der Waals surface area (Å²) in [6.07, 6.45) is 7.16. The first-order chi connectivity index (χ1) is 13.6. The number of hydrogen-bond acceptors (Lipinski definition) is 7. The van der Waals surface area contributed by atoms with Gasteiger partial charge in [-0.25, -0.2) is 9.18 Å². The molecule has 10 heteroatoms. The monoisotopic (exact) mass is 439 g/mol. The number of carboxylic acids is 1. The molecule has 0 radical (unpaired) electrons. The van der Waals surface area contributed by atoms with Crippen LogP contribution in [0.15, 0.2) is 53.8 Å². The Balaban J connectivity index is 0.00000240. The van der Waals surface area contributed by atoms with E-state index in [4.69, 9.17) is 0 Å². The molecule has 3 aliphatic rings. The average molecular weight is 440 g/mol. The van der Waals surface area contributed by atoms with Crippen LogP contribution in [0.4, 0.5) is 10.1 Å². The fourth-order valence-electron chi connectivity index (χ4n) is 3.50. The first kappa shape index (κ1) is 21.5. The van der Waals surface area contributed by atoms with Gasteiger partial charge in [0.15, 0.2) is 5.84 Å². The van der Waals surface area contributed by atoms with Crippen molar-refractivity contribution < 1.29 is 14.3 Å². The third-order valence-electron chi connectivity index (χ3n) is 5.07. The lowest BCUT2D eigenvalue weighted by molar-refractivity contribution is -0.143. The quantitative estimate of drug-likeness (QED) is 0.703. The molecule has 1 aromatic rings. The van der Waals surface area contributed by atoms with Gasteiger partial charge in [0.1, 0.15) is 5.82 Å². The highest BCUT2D eigenvalue weighted by molar-refractivity contribution is 8.01. The van der Waals surface area contributed by atoms with Gasteiger partial charge in [0.2, 0.25) is 0 Å². The summed E-state index contributed by atoms with van der Waals surface area (Å²) in [6, 6.07) is 6.58. The Morgan fingerprint density at radius 1 is 1.21 bits per heavy atom. The van der Waals surface area contributed by atoms with Gasteiger partial charge in [-0.15, -0.1) is 12.4 Å². The largest absolute Gasteiger partial charge is 0.477 e. The molecule has 0 spiro atoms. The molecule has 1 unspecified atom stereocenters. The Morgan fingerprint density at radius 2 is 1.93 bits per heavy atom. The molecule has 0 amide bonds. The smallest absolute Gasteiger partial charge is 0.363 e. The van der Waals surface area contributed by atoms with E-state index in [0.29, 0.717) is 11.6 Å². The van der Waals surface area contributed by atoms with Crippen molar-refractivity contribution in [2.24, 2.45) is 5.10 Å². The zero-order valence-corrected chi connectivity index (χ0v) is 17.3. The zero-order valence-electron chi connectivity index (χ0n) is 15.7. The number of amidine groups is 1. The fraction of sp³-hybridized carbons (Fsp3) is 0.368. The molecule has 0 aromatic heterocycles. The van der Waals surface area contributed by atoms with Crippen molar-refractivity contribution in [3.05, 3.63) is 54.5 Å². The number of nitrogens with zero attached hydrogens (tertiary/aromatic N) is 4. The second kappa shape index (κ2) is 9.06. The molecule has 3 heterocycles. The summed E-state index contributed by atoms with van der Waals surface area (Å²) in [6.45, 7) is 4.30. The van der Waals surface area contributed by atoms with Gasteiger partial charge >= 0.3 is 5.97 Å². The van der Waals surface area contributed by atoms with Gasteiger partial charge in [0, 0.05) is 50.4 Å². The Bertz CT molecular complexity index is 826. The number of thioether (sulfide) groups is 1. The molecular weight excluding hydrogens is 417 g/mol. The fourth-order valence-corrected chi connectivity index (χ4v) is 4.67. The number of carboxylic acid groups (broad SMARTS) is 1. The molecule has 0 aliphatic carbocycles. The molecule has 1 aromatic carbocycles. The molecule has 3 aliphatic heterocycles. The SMILES string of the molecule is Cl.O=C(O)C1(SCCN2CCN(c3ccc(F)cc3)CC2)NN=C2C=CC=CN21. The summed E-state index contributed by atoms with van der Waals surface area (Å²) in [5.74, 6) is 0.0771. The number of piperazine rings is 1. The van der Waals surface area contributed by atoms with Gasteiger partial charge in [-0.1, -0.05) is 17.8 Å². The van der Waals surface area contributed by atoms with Gasteiger partial charge in [0.25, 0.3) is 4.99 Å². The number of allylic oxidation sites excluding steroid dienone is 2. The molecule has 4 rings (SSSR count). The summed E-state index contributed by atoms with van der Waals surface area (Å²) in [7, 11) is 0. The number of anilines is 1. The number of carbonyl (C=O) groups is 1. The highest BCUT2D eigenvalue weighted by Crippen LogP contribution is 2.33. The molecule has 7 nitrogen and oxygen atoms in total. The van der Waals surface area contributed by atoms with Crippen LogP contribution in [0.25, 0.3) is 0 Å². The molecule has 1 saturated heterocycles. The first-order valence-corrected chi connectivity index (χ1v) is 10.2. The average Bonchev–Trinajstić information content (AvgIpc) is 3.09. The Kier molecular flexibility index (Phi) is 6.71. The summed E-state index contributed by atoms with van der Waals surface area (Å²) >= 11 is 1.34. The van der Waals surface area contributed by atoms with Crippen LogP contribution in [0.3, 0.4) is 0 Å². The molecule has 1 fully saturated rings. The molecule has 29 heavy (non-hydrogen) atoms. The minimum atomic E-state index is -1.30. The van der Waals surface area contributed by atoms with Crippen LogP contribution < -0.4 is 10.3 Å². The van der Waals surface area contributed by atoms with Crippen LogP contribution in [0.1, 0.15) is 0 Å². The van der Waals surface area contributed by atoms with Crippen molar-refractivity contribution in [2.45, 2.75) is 4.99 Å². The number of fused-ring (bicyclic) bond motifs is 1. The third-order valence-corrected chi connectivity index (χ3v) is 6.34. The number of nitrogens with one attached hydrogen (secondary N) is 1. The number of halogens is 2. The van der Waals surface area contributed by atoms with Crippen molar-refractivity contribution in [1.29, 1.82) is 0 Å². The van der Waals surface area contributed by atoms with Crippen LogP contribution in [0.5, 0.6) is 0 Å². The van der Waals surface area contributed by atoms with E-state index >= 15 is 0 Å². The second-order valence-corrected chi connectivity index (χ2v) is 8.04. The summed E-state index contributed by atoms with van der Waals surface area (Å²) in [5.41, 5.74) is 3.83. The standard InChI is InChI=1S/C19H22FN5O2S.ClH/c20-15-4-6-16(7-5-15)24-11-9-23(10-12-24)13-14-28-19(18(26)27)22-21-17-3-1-2-8-25(17)19;/h1-8,22H,9-14H2,(H,26,27);1H. The number of hydrogen-bond donors (Lipinski definition) is 2. The number of benzene rings is 1. The van der Waals surface area contributed by atoms with E-state index < -0.39 is 11.0 Å². The van der Waals surface area contributed by atoms with Crippen molar-refractivity contribution >= 4 is 41.7 Å². The van der Waals surface area contributed by atoms with Crippen molar-refractivity contribution in [2.75, 3.05) is 43.4 Å². The lowest BCUT2D eigenvalue weighted by atomic mass is 10.2. The Morgan fingerprint density at radius 3 is 2.62 bits per heavy atom.